The van der Waals surface area contributed by atoms with Crippen molar-refractivity contribution in [2.75, 3.05) is 0 Å². The molecular weight excluding hydrogens is 203 g/mol. The smallest absolute Gasteiger partial charge is 0.0458 e. The molecule has 2 nitrogen and oxygen atoms in total. The van der Waals surface area contributed by atoms with Crippen LogP contribution < -0.4 is 5.11 Å². The molecule has 1 aromatic carbocycles. The van der Waals surface area contributed by atoms with Gasteiger partial charge in [-0.2, -0.15) is 0 Å². The van der Waals surface area contributed by atoms with Gasteiger partial charge in [0.15, 0.2) is 0 Å². The molecular formula is C12H17AlO2. The number of benzene rings is 1. The summed E-state index contributed by atoms with van der Waals surface area (Å²) in [6.07, 6.45) is 0.000833. The van der Waals surface area contributed by atoms with Gasteiger partial charge in [0.1, 0.15) is 0 Å². The van der Waals surface area contributed by atoms with Crippen LogP contribution in [0.25, 0.3) is 0 Å². The van der Waals surface area contributed by atoms with E-state index in [9.17, 15) is 9.90 Å². The Morgan fingerprint density at radius 2 is 1.73 bits per heavy atom. The van der Waals surface area contributed by atoms with Crippen molar-refractivity contribution < 1.29 is 9.90 Å². The maximum absolute atomic E-state index is 10.1. The van der Waals surface area contributed by atoms with Crippen molar-refractivity contribution in [3.63, 3.8) is 0 Å². The van der Waals surface area contributed by atoms with E-state index in [1.165, 1.54) is 10.6 Å². The first-order valence-corrected chi connectivity index (χ1v) is 6.89. The summed E-state index contributed by atoms with van der Waals surface area (Å²) >= 11 is 0.815. The fraction of sp³-hybridized carbons (Fsp3) is 0.417. The van der Waals surface area contributed by atoms with Gasteiger partial charge in [0.05, 0.1) is 0 Å². The zero-order valence-corrected chi connectivity index (χ0v) is 10.6. The fourth-order valence-corrected chi connectivity index (χ4v) is 1.63. The molecule has 0 unspecified atom stereocenters. The van der Waals surface area contributed by atoms with Crippen LogP contribution in [0.5, 0.6) is 0 Å². The average Bonchev–Trinajstić information content (AvgIpc) is 2.20. The molecule has 0 radical (unpaired) electrons. The first-order valence-electron chi connectivity index (χ1n) is 5.26. The molecule has 0 aliphatic heterocycles. The molecule has 0 saturated heterocycles. The maximum atomic E-state index is 10.1. The van der Waals surface area contributed by atoms with Crippen LogP contribution in [-0.2, 0) is 11.2 Å². The van der Waals surface area contributed by atoms with E-state index < -0.39 is 5.97 Å². The first-order chi connectivity index (χ1) is 7.20. The van der Waals surface area contributed by atoms with E-state index in [0.29, 0.717) is 0 Å². The summed E-state index contributed by atoms with van der Waals surface area (Å²) < 4.78 is 0. The molecule has 1 aromatic rings. The molecule has 0 bridgehead atoms. The molecule has 0 heterocycles. The van der Waals surface area contributed by atoms with Gasteiger partial charge in [-0.15, -0.1) is 0 Å². The summed E-state index contributed by atoms with van der Waals surface area (Å²) in [5, 5.41) is 12.9. The number of rotatable bonds is 4. The number of carbonyl (C=O) groups is 1. The van der Waals surface area contributed by atoms with Gasteiger partial charge in [-0.25, -0.2) is 0 Å². The minimum Gasteiger partial charge on any atom is -0.550 e. The molecule has 0 aliphatic carbocycles. The van der Waals surface area contributed by atoms with Crippen LogP contribution in [0, 0.1) is 0 Å². The second kappa shape index (κ2) is 9.77. The van der Waals surface area contributed by atoms with Crippen LogP contribution >= 0.6 is 0 Å². The van der Waals surface area contributed by atoms with Gasteiger partial charge in [0.2, 0.25) is 0 Å². The summed E-state index contributed by atoms with van der Waals surface area (Å²) in [7, 11) is 0. The van der Waals surface area contributed by atoms with Crippen molar-refractivity contribution in [3.8, 4) is 0 Å². The van der Waals surface area contributed by atoms with E-state index in [4.69, 9.17) is 0 Å². The summed E-state index contributed by atoms with van der Waals surface area (Å²) in [6.45, 7) is 4.50. The predicted molar refractivity (Wildman–Crippen MR) is 61.9 cm³/mol. The van der Waals surface area contributed by atoms with Gasteiger partial charge in [0.25, 0.3) is 0 Å². The molecule has 0 N–H and O–H groups in total. The van der Waals surface area contributed by atoms with Gasteiger partial charge in [-0.05, 0) is 5.56 Å². The molecule has 0 spiro atoms. The maximum Gasteiger partial charge on any atom is 0.0458 e. The van der Waals surface area contributed by atoms with Crippen LogP contribution in [0.4, 0.5) is 0 Å². The Morgan fingerprint density at radius 3 is 2.07 bits per heavy atom. The van der Waals surface area contributed by atoms with Crippen LogP contribution in [0.1, 0.15) is 19.4 Å². The molecule has 1 rings (SSSR count). The summed E-state index contributed by atoms with van der Waals surface area (Å²) in [4.78, 5) is 10.1. The van der Waals surface area contributed by atoms with Gasteiger partial charge in [0, 0.05) is 12.4 Å². The van der Waals surface area contributed by atoms with Gasteiger partial charge in [-0.3, -0.25) is 0 Å². The topological polar surface area (TPSA) is 40.1 Å². The van der Waals surface area contributed by atoms with Gasteiger partial charge in [-0.1, -0.05) is 30.3 Å². The van der Waals surface area contributed by atoms with E-state index in [0.717, 1.165) is 20.8 Å². The van der Waals surface area contributed by atoms with E-state index in [1.54, 1.807) is 24.3 Å². The molecule has 0 saturated carbocycles. The molecule has 0 aliphatic rings. The summed E-state index contributed by atoms with van der Waals surface area (Å²) in [5.74, 6) is -1.04. The van der Waals surface area contributed by atoms with Crippen LogP contribution in [-0.4, -0.2) is 21.2 Å². The second-order valence-electron chi connectivity index (χ2n) is 3.14. The average molecular weight is 220 g/mol. The second-order valence-corrected chi connectivity index (χ2v) is 5.35. The summed E-state index contributed by atoms with van der Waals surface area (Å²) in [6, 6.07) is 8.97. The van der Waals surface area contributed by atoms with Crippen molar-refractivity contribution in [2.45, 2.75) is 30.8 Å². The zero-order chi connectivity index (χ0) is 11.5. The van der Waals surface area contributed by atoms with Crippen molar-refractivity contribution in [1.29, 1.82) is 0 Å². The van der Waals surface area contributed by atoms with Crippen LogP contribution in [0.15, 0.2) is 30.3 Å². The third-order valence-corrected chi connectivity index (χ3v) is 2.92. The Labute approximate surface area is 98.0 Å². The minimum absolute atomic E-state index is 0.000833. The SMILES string of the molecule is C[CH2][Al+][CH2]C.O=C([O-])Cc1ccccc1. The van der Waals surface area contributed by atoms with Crippen molar-refractivity contribution >= 4 is 21.2 Å². The standard InChI is InChI=1S/C8H8O2.2C2H5.Al/c9-8(10)6-7-4-2-1-3-5-7;2*1-2;/h1-5H,6H2,(H,9,10);2*1H2,2H3;/q;;;+1/p-1. The van der Waals surface area contributed by atoms with Crippen molar-refractivity contribution in [3.05, 3.63) is 35.9 Å². The Hall–Kier alpha value is -0.778. The Balaban J connectivity index is 0.000000336. The molecule has 0 atom stereocenters. The Morgan fingerprint density at radius 1 is 1.20 bits per heavy atom. The Bertz CT molecular complexity index is 258. The van der Waals surface area contributed by atoms with E-state index in [2.05, 4.69) is 13.8 Å². The molecule has 80 valence electrons. The summed E-state index contributed by atoms with van der Waals surface area (Å²) in [5.41, 5.74) is 0.780. The molecule has 15 heavy (non-hydrogen) atoms. The van der Waals surface area contributed by atoms with Crippen molar-refractivity contribution in [2.24, 2.45) is 0 Å². The predicted octanol–water partition coefficient (Wildman–Crippen LogP) is 1.55. The fourth-order valence-electron chi connectivity index (χ4n) is 1.05. The first kappa shape index (κ1) is 14.2. The largest absolute Gasteiger partial charge is 0.550 e. The van der Waals surface area contributed by atoms with Gasteiger partial charge < -0.3 is 9.90 Å². The normalized spacial score (nSPS) is 8.40. The number of carboxylic acid groups (broad SMARTS) is 1. The molecule has 0 amide bonds. The molecule has 0 fully saturated rings. The number of hydrogen-bond donors (Lipinski definition) is 0. The quantitative estimate of drug-likeness (QED) is 0.722. The zero-order valence-electron chi connectivity index (χ0n) is 9.40. The van der Waals surface area contributed by atoms with Crippen LogP contribution in [0.3, 0.4) is 0 Å². The number of hydrogen-bond acceptors (Lipinski definition) is 2. The number of carbonyl (C=O) groups excluding carboxylic acids is 1. The van der Waals surface area contributed by atoms with Gasteiger partial charge >= 0.3 is 39.6 Å². The van der Waals surface area contributed by atoms with Crippen molar-refractivity contribution in [1.82, 2.24) is 0 Å². The Kier molecular flexibility index (Phi) is 9.26. The van der Waals surface area contributed by atoms with E-state index >= 15 is 0 Å². The van der Waals surface area contributed by atoms with E-state index in [-0.39, 0.29) is 6.42 Å². The monoisotopic (exact) mass is 220 g/mol. The minimum atomic E-state index is -1.04. The third kappa shape index (κ3) is 9.52. The molecule has 3 heteroatoms. The third-order valence-electron chi connectivity index (χ3n) is 1.77. The van der Waals surface area contributed by atoms with Crippen LogP contribution in [0.2, 0.25) is 10.6 Å². The molecule has 0 aromatic heterocycles. The van der Waals surface area contributed by atoms with E-state index in [1.807, 2.05) is 6.07 Å². The number of aliphatic carboxylic acids is 1. The number of carboxylic acids is 1.